The number of unbranched alkanes of at least 4 members (excludes halogenated alkanes) is 3. The summed E-state index contributed by atoms with van der Waals surface area (Å²) in [5, 5.41) is 18.5. The Bertz CT molecular complexity index is 1090. The highest BCUT2D eigenvalue weighted by molar-refractivity contribution is 5.96. The summed E-state index contributed by atoms with van der Waals surface area (Å²) in [6.45, 7) is 3.98. The highest BCUT2D eigenvalue weighted by atomic mass is 19.4. The molecule has 0 unspecified atom stereocenters. The highest BCUT2D eigenvalue weighted by Gasteiger charge is 2.63. The molecule has 0 aromatic heterocycles. The fraction of sp³-hybridized carbons (Fsp3) is 0.481. The lowest BCUT2D eigenvalue weighted by molar-refractivity contribution is -0.295. The number of nitrogens with zero attached hydrogens (tertiary/aromatic N) is 2. The number of ether oxygens (including phenoxy) is 1. The first-order valence-corrected chi connectivity index (χ1v) is 12.0. The summed E-state index contributed by atoms with van der Waals surface area (Å²) in [6, 6.07) is 13.0. The van der Waals surface area contributed by atoms with E-state index in [1.807, 2.05) is 13.8 Å². The van der Waals surface area contributed by atoms with E-state index in [-0.39, 0.29) is 18.2 Å². The molecule has 194 valence electrons. The van der Waals surface area contributed by atoms with Crippen molar-refractivity contribution in [3.8, 4) is 22.9 Å². The van der Waals surface area contributed by atoms with Crippen molar-refractivity contribution in [2.45, 2.75) is 70.3 Å². The van der Waals surface area contributed by atoms with Crippen molar-refractivity contribution in [3.63, 3.8) is 0 Å². The summed E-state index contributed by atoms with van der Waals surface area (Å²) in [5.41, 5.74) is -1.70. The average molecular weight is 507 g/mol. The van der Waals surface area contributed by atoms with Crippen LogP contribution in [0.4, 0.5) is 23.2 Å². The average Bonchev–Trinajstić information content (AvgIpc) is 2.79. The van der Waals surface area contributed by atoms with Gasteiger partial charge in [0, 0.05) is 30.1 Å². The van der Waals surface area contributed by atoms with Crippen molar-refractivity contribution in [1.82, 2.24) is 0 Å². The number of benzene rings is 2. The van der Waals surface area contributed by atoms with Crippen molar-refractivity contribution in [1.29, 1.82) is 5.26 Å². The minimum Gasteiger partial charge on any atom is -0.491 e. The van der Waals surface area contributed by atoms with Gasteiger partial charge in [0.1, 0.15) is 11.6 Å². The maximum Gasteiger partial charge on any atom is 0.417 e. The number of carbonyl (C=O) groups excluding carboxylic acids is 1. The molecule has 1 amide bonds. The molecule has 1 aliphatic rings. The molecule has 1 fully saturated rings. The molecular formula is C27H30F4N2O3. The van der Waals surface area contributed by atoms with Gasteiger partial charge >= 0.3 is 6.18 Å². The molecule has 0 aliphatic heterocycles. The molecule has 1 saturated carbocycles. The Labute approximate surface area is 208 Å². The third-order valence-corrected chi connectivity index (χ3v) is 6.28. The predicted molar refractivity (Wildman–Crippen MR) is 128 cm³/mol. The topological polar surface area (TPSA) is 73.6 Å². The van der Waals surface area contributed by atoms with Crippen molar-refractivity contribution < 1.29 is 32.2 Å². The van der Waals surface area contributed by atoms with Crippen molar-refractivity contribution in [2.75, 3.05) is 11.4 Å². The Balaban J connectivity index is 1.85. The number of aliphatic hydroxyl groups is 1. The number of anilines is 1. The Morgan fingerprint density at radius 1 is 1.17 bits per heavy atom. The van der Waals surface area contributed by atoms with Gasteiger partial charge < -0.3 is 14.7 Å². The van der Waals surface area contributed by atoms with Crippen LogP contribution in [0.15, 0.2) is 42.5 Å². The summed E-state index contributed by atoms with van der Waals surface area (Å²) in [5.74, 6) is -1.41. The molecule has 0 atom stereocenters. The first-order chi connectivity index (χ1) is 16.9. The van der Waals surface area contributed by atoms with Gasteiger partial charge in [-0.05, 0) is 75.4 Å². The number of alkyl halides is 3. The Hall–Kier alpha value is -3.12. The van der Waals surface area contributed by atoms with Gasteiger partial charge in [0.15, 0.2) is 5.60 Å². The SMILES string of the molecule is CC(C)Oc1ccc(-c2cc(N(CCCCCC#N)C(=O)[C@H]3C[C@](O)(C(F)(F)F)C3)ccc2F)cc1. The monoisotopic (exact) mass is 506 g/mol. The number of nitriles is 1. The number of rotatable bonds is 10. The summed E-state index contributed by atoms with van der Waals surface area (Å²) in [7, 11) is 0. The van der Waals surface area contributed by atoms with Gasteiger partial charge in [-0.15, -0.1) is 0 Å². The van der Waals surface area contributed by atoms with Crippen LogP contribution in [0.1, 0.15) is 52.4 Å². The predicted octanol–water partition coefficient (Wildman–Crippen LogP) is 6.40. The molecule has 2 aromatic carbocycles. The maximum atomic E-state index is 14.8. The zero-order valence-electron chi connectivity index (χ0n) is 20.3. The Morgan fingerprint density at radius 3 is 2.42 bits per heavy atom. The largest absolute Gasteiger partial charge is 0.491 e. The molecule has 1 N–H and O–H groups in total. The highest BCUT2D eigenvalue weighted by Crippen LogP contribution is 2.49. The van der Waals surface area contributed by atoms with E-state index in [2.05, 4.69) is 6.07 Å². The van der Waals surface area contributed by atoms with Crippen LogP contribution < -0.4 is 9.64 Å². The summed E-state index contributed by atoms with van der Waals surface area (Å²) >= 11 is 0. The van der Waals surface area contributed by atoms with Gasteiger partial charge in [0.25, 0.3) is 0 Å². The van der Waals surface area contributed by atoms with Crippen LogP contribution in [0.25, 0.3) is 11.1 Å². The fourth-order valence-electron chi connectivity index (χ4n) is 4.29. The fourth-order valence-corrected chi connectivity index (χ4v) is 4.29. The molecule has 9 heteroatoms. The van der Waals surface area contributed by atoms with Crippen LogP contribution >= 0.6 is 0 Å². The molecule has 0 bridgehead atoms. The van der Waals surface area contributed by atoms with Crippen molar-refractivity contribution in [3.05, 3.63) is 48.3 Å². The minimum absolute atomic E-state index is 0.0230. The molecule has 5 nitrogen and oxygen atoms in total. The Morgan fingerprint density at radius 2 is 1.83 bits per heavy atom. The van der Waals surface area contributed by atoms with Crippen LogP contribution in [0, 0.1) is 23.1 Å². The summed E-state index contributed by atoms with van der Waals surface area (Å²) in [4.78, 5) is 14.6. The van der Waals surface area contributed by atoms with Gasteiger partial charge in [-0.25, -0.2) is 4.39 Å². The van der Waals surface area contributed by atoms with E-state index < -0.39 is 42.3 Å². The van der Waals surface area contributed by atoms with E-state index in [1.54, 1.807) is 24.3 Å². The van der Waals surface area contributed by atoms with Crippen LogP contribution in [0.2, 0.25) is 0 Å². The van der Waals surface area contributed by atoms with Crippen LogP contribution in [0.5, 0.6) is 5.75 Å². The molecule has 3 rings (SSSR count). The molecule has 0 heterocycles. The molecular weight excluding hydrogens is 476 g/mol. The summed E-state index contributed by atoms with van der Waals surface area (Å²) in [6.07, 6.45) is -4.05. The first kappa shape index (κ1) is 27.5. The lowest BCUT2D eigenvalue weighted by atomic mass is 9.69. The van der Waals surface area contributed by atoms with Gasteiger partial charge in [-0.3, -0.25) is 4.79 Å². The number of hydrogen-bond acceptors (Lipinski definition) is 4. The second kappa shape index (κ2) is 11.3. The molecule has 1 aliphatic carbocycles. The zero-order valence-corrected chi connectivity index (χ0v) is 20.3. The van der Waals surface area contributed by atoms with E-state index in [0.29, 0.717) is 42.7 Å². The van der Waals surface area contributed by atoms with Gasteiger partial charge in [0.2, 0.25) is 5.91 Å². The van der Waals surface area contributed by atoms with Gasteiger partial charge in [-0.2, -0.15) is 18.4 Å². The van der Waals surface area contributed by atoms with Crippen LogP contribution in [-0.2, 0) is 4.79 Å². The van der Waals surface area contributed by atoms with E-state index >= 15 is 0 Å². The van der Waals surface area contributed by atoms with Gasteiger partial charge in [0.05, 0.1) is 12.2 Å². The minimum atomic E-state index is -4.81. The first-order valence-electron chi connectivity index (χ1n) is 12.0. The lowest BCUT2D eigenvalue weighted by Gasteiger charge is -2.45. The molecule has 2 aromatic rings. The zero-order chi connectivity index (χ0) is 26.5. The smallest absolute Gasteiger partial charge is 0.417 e. The second-order valence-electron chi connectivity index (χ2n) is 9.45. The number of hydrogen-bond donors (Lipinski definition) is 1. The van der Waals surface area contributed by atoms with Crippen molar-refractivity contribution in [2.24, 2.45) is 5.92 Å². The normalized spacial score (nSPS) is 19.5. The van der Waals surface area contributed by atoms with Gasteiger partial charge in [-0.1, -0.05) is 18.6 Å². The molecule has 0 radical (unpaired) electrons. The molecule has 0 saturated heterocycles. The van der Waals surface area contributed by atoms with Crippen LogP contribution in [-0.4, -0.2) is 35.4 Å². The van der Waals surface area contributed by atoms with E-state index in [4.69, 9.17) is 10.00 Å². The third-order valence-electron chi connectivity index (χ3n) is 6.28. The van der Waals surface area contributed by atoms with Crippen molar-refractivity contribution >= 4 is 11.6 Å². The van der Waals surface area contributed by atoms with E-state index in [9.17, 15) is 27.5 Å². The van der Waals surface area contributed by atoms with Crippen LogP contribution in [0.3, 0.4) is 0 Å². The standard InChI is InChI=1S/C27H30F4N2O3/c1-18(2)36-22-10-7-19(8-11-22)23-15-21(9-12-24(23)28)33(14-6-4-3-5-13-32)25(34)20-16-26(35,17-20)27(29,30)31/h7-12,15,18,20,35H,3-6,14,16-17H2,1-2H3/t20-,26+. The number of carbonyl (C=O) groups is 1. The third kappa shape index (κ3) is 6.35. The molecule has 0 spiro atoms. The second-order valence-corrected chi connectivity index (χ2v) is 9.45. The quantitative estimate of drug-likeness (QED) is 0.299. The van der Waals surface area contributed by atoms with E-state index in [0.717, 1.165) is 0 Å². The summed E-state index contributed by atoms with van der Waals surface area (Å²) < 4.78 is 59.7. The van der Waals surface area contributed by atoms with E-state index in [1.165, 1.54) is 23.1 Å². The maximum absolute atomic E-state index is 14.8. The number of halogens is 4. The number of amides is 1. The lowest BCUT2D eigenvalue weighted by Crippen LogP contribution is -2.59. The Kier molecular flexibility index (Phi) is 8.62. The molecule has 36 heavy (non-hydrogen) atoms.